The van der Waals surface area contributed by atoms with Gasteiger partial charge in [-0.3, -0.25) is 0 Å². The fourth-order valence-electron chi connectivity index (χ4n) is 1.80. The summed E-state index contributed by atoms with van der Waals surface area (Å²) in [4.78, 5) is 10.8. The number of phenolic OH excluding ortho intramolecular Hbond substituents is 1. The number of benzene rings is 2. The number of carbonyl (C=O) groups is 1. The highest BCUT2D eigenvalue weighted by atomic mass is 16.3. The molecule has 0 bridgehead atoms. The number of hydrogen-bond acceptors (Lipinski definition) is 2. The van der Waals surface area contributed by atoms with Crippen molar-refractivity contribution in [3.8, 4) is 5.75 Å². The molecule has 0 heterocycles. The van der Waals surface area contributed by atoms with E-state index >= 15 is 0 Å². The Bertz CT molecular complexity index is 498. The molecule has 0 radical (unpaired) electrons. The minimum Gasteiger partial charge on any atom is -0.507 e. The van der Waals surface area contributed by atoms with Gasteiger partial charge in [-0.2, -0.15) is 0 Å². The highest BCUT2D eigenvalue weighted by Gasteiger charge is 2.10. The molecule has 76 valence electrons. The van der Waals surface area contributed by atoms with Gasteiger partial charge in [-0.1, -0.05) is 37.3 Å². The van der Waals surface area contributed by atoms with Crippen LogP contribution in [-0.4, -0.2) is 11.4 Å². The van der Waals surface area contributed by atoms with Crippen LogP contribution in [0.3, 0.4) is 0 Å². The summed E-state index contributed by atoms with van der Waals surface area (Å²) in [5.74, 6) is 0.0406. The fraction of sp³-hybridized carbons (Fsp3) is 0.154. The Balaban J connectivity index is 2.79. The molecule has 0 amide bonds. The molecule has 0 aliphatic rings. The lowest BCUT2D eigenvalue weighted by atomic mass is 9.95. The molecule has 0 saturated heterocycles. The molecule has 0 aliphatic carbocycles. The minimum absolute atomic E-state index is 0.193. The predicted octanol–water partition coefficient (Wildman–Crippen LogP) is 2.85. The maximum atomic E-state index is 10.8. The van der Waals surface area contributed by atoms with E-state index in [0.717, 1.165) is 22.6 Å². The van der Waals surface area contributed by atoms with Crippen molar-refractivity contribution in [1.29, 1.82) is 0 Å². The lowest BCUT2D eigenvalue weighted by Crippen LogP contribution is -1.95. The molecule has 0 fully saturated rings. The standard InChI is InChI=1S/C13H12O2/c1-9(8-14)11-6-2-4-10-5-3-7-12(15)13(10)11/h2-9,15H,1H3. The number of aromatic hydroxyl groups is 1. The normalized spacial score (nSPS) is 12.6. The quantitative estimate of drug-likeness (QED) is 0.757. The number of hydrogen-bond donors (Lipinski definition) is 1. The van der Waals surface area contributed by atoms with Crippen LogP contribution >= 0.6 is 0 Å². The number of fused-ring (bicyclic) bond motifs is 1. The Hall–Kier alpha value is -1.83. The molecule has 0 aliphatic heterocycles. The van der Waals surface area contributed by atoms with Gasteiger partial charge in [-0.25, -0.2) is 0 Å². The maximum absolute atomic E-state index is 10.8. The van der Waals surface area contributed by atoms with Crippen LogP contribution in [0.5, 0.6) is 5.75 Å². The van der Waals surface area contributed by atoms with Crippen LogP contribution in [0.15, 0.2) is 36.4 Å². The molecule has 0 saturated carbocycles. The summed E-state index contributed by atoms with van der Waals surface area (Å²) in [5, 5.41) is 11.5. The Kier molecular flexibility index (Phi) is 2.42. The molecule has 2 heteroatoms. The molecule has 0 spiro atoms. The Morgan fingerprint density at radius 1 is 1.20 bits per heavy atom. The SMILES string of the molecule is CC(C=O)c1cccc2cccc(O)c12. The van der Waals surface area contributed by atoms with Gasteiger partial charge in [0.1, 0.15) is 12.0 Å². The average molecular weight is 200 g/mol. The van der Waals surface area contributed by atoms with Crippen molar-refractivity contribution in [2.45, 2.75) is 12.8 Å². The van der Waals surface area contributed by atoms with Crippen molar-refractivity contribution >= 4 is 17.1 Å². The number of aldehydes is 1. The van der Waals surface area contributed by atoms with E-state index < -0.39 is 0 Å². The van der Waals surface area contributed by atoms with E-state index in [1.807, 2.05) is 31.2 Å². The van der Waals surface area contributed by atoms with Gasteiger partial charge in [-0.05, 0) is 17.0 Å². The van der Waals surface area contributed by atoms with Crippen LogP contribution in [0.2, 0.25) is 0 Å². The third kappa shape index (κ3) is 1.59. The summed E-state index contributed by atoms with van der Waals surface area (Å²) in [6, 6.07) is 11.1. The molecule has 1 N–H and O–H groups in total. The van der Waals surface area contributed by atoms with Gasteiger partial charge < -0.3 is 9.90 Å². The Morgan fingerprint density at radius 3 is 2.53 bits per heavy atom. The van der Waals surface area contributed by atoms with E-state index in [1.54, 1.807) is 12.1 Å². The first-order valence-corrected chi connectivity index (χ1v) is 4.90. The molecule has 1 atom stereocenters. The van der Waals surface area contributed by atoms with Crippen molar-refractivity contribution in [3.05, 3.63) is 42.0 Å². The maximum Gasteiger partial charge on any atom is 0.127 e. The average Bonchev–Trinajstić information content (AvgIpc) is 2.28. The van der Waals surface area contributed by atoms with Crippen molar-refractivity contribution in [1.82, 2.24) is 0 Å². The summed E-state index contributed by atoms with van der Waals surface area (Å²) < 4.78 is 0. The second kappa shape index (κ2) is 3.73. The van der Waals surface area contributed by atoms with Gasteiger partial charge in [0.25, 0.3) is 0 Å². The lowest BCUT2D eigenvalue weighted by molar-refractivity contribution is -0.108. The van der Waals surface area contributed by atoms with E-state index in [2.05, 4.69) is 0 Å². The van der Waals surface area contributed by atoms with Crippen molar-refractivity contribution in [2.75, 3.05) is 0 Å². The van der Waals surface area contributed by atoms with Gasteiger partial charge in [0, 0.05) is 11.3 Å². The molecule has 0 aromatic heterocycles. The molecule has 2 aromatic rings. The largest absolute Gasteiger partial charge is 0.507 e. The summed E-state index contributed by atoms with van der Waals surface area (Å²) in [6.45, 7) is 1.83. The number of phenols is 1. The van der Waals surface area contributed by atoms with E-state index in [1.165, 1.54) is 0 Å². The van der Waals surface area contributed by atoms with Crippen LogP contribution in [0.25, 0.3) is 10.8 Å². The van der Waals surface area contributed by atoms with Gasteiger partial charge in [0.2, 0.25) is 0 Å². The van der Waals surface area contributed by atoms with Crippen LogP contribution < -0.4 is 0 Å². The highest BCUT2D eigenvalue weighted by Crippen LogP contribution is 2.31. The Morgan fingerprint density at radius 2 is 1.87 bits per heavy atom. The minimum atomic E-state index is -0.193. The van der Waals surface area contributed by atoms with Gasteiger partial charge in [0.15, 0.2) is 0 Å². The molecule has 2 nitrogen and oxygen atoms in total. The van der Waals surface area contributed by atoms with Crippen LogP contribution in [-0.2, 0) is 4.79 Å². The summed E-state index contributed by atoms with van der Waals surface area (Å²) >= 11 is 0. The first-order chi connectivity index (χ1) is 7.24. The van der Waals surface area contributed by atoms with Gasteiger partial charge >= 0.3 is 0 Å². The third-order valence-corrected chi connectivity index (χ3v) is 2.61. The smallest absolute Gasteiger partial charge is 0.127 e. The first kappa shape index (κ1) is 9.71. The van der Waals surface area contributed by atoms with Gasteiger partial charge in [-0.15, -0.1) is 0 Å². The van der Waals surface area contributed by atoms with E-state index in [9.17, 15) is 9.90 Å². The molecular formula is C13H12O2. The zero-order valence-corrected chi connectivity index (χ0v) is 8.47. The zero-order chi connectivity index (χ0) is 10.8. The van der Waals surface area contributed by atoms with E-state index in [0.29, 0.717) is 0 Å². The number of rotatable bonds is 2. The third-order valence-electron chi connectivity index (χ3n) is 2.61. The van der Waals surface area contributed by atoms with Gasteiger partial charge in [0.05, 0.1) is 0 Å². The monoisotopic (exact) mass is 200 g/mol. The molecular weight excluding hydrogens is 188 g/mol. The molecule has 15 heavy (non-hydrogen) atoms. The summed E-state index contributed by atoms with van der Waals surface area (Å²) in [7, 11) is 0. The van der Waals surface area contributed by atoms with E-state index in [4.69, 9.17) is 0 Å². The zero-order valence-electron chi connectivity index (χ0n) is 8.47. The van der Waals surface area contributed by atoms with Crippen LogP contribution in [0, 0.1) is 0 Å². The summed E-state index contributed by atoms with van der Waals surface area (Å²) in [5.41, 5.74) is 0.876. The van der Waals surface area contributed by atoms with Crippen molar-refractivity contribution in [2.24, 2.45) is 0 Å². The van der Waals surface area contributed by atoms with Crippen LogP contribution in [0.4, 0.5) is 0 Å². The molecule has 1 unspecified atom stereocenters. The van der Waals surface area contributed by atoms with E-state index in [-0.39, 0.29) is 11.7 Å². The number of carbonyl (C=O) groups excluding carboxylic acids is 1. The van der Waals surface area contributed by atoms with Crippen LogP contribution in [0.1, 0.15) is 18.4 Å². The summed E-state index contributed by atoms with van der Waals surface area (Å²) in [6.07, 6.45) is 0.890. The molecule has 2 rings (SSSR count). The fourth-order valence-corrected chi connectivity index (χ4v) is 1.80. The lowest BCUT2D eigenvalue weighted by Gasteiger charge is -2.10. The predicted molar refractivity (Wildman–Crippen MR) is 60.1 cm³/mol. The second-order valence-corrected chi connectivity index (χ2v) is 3.65. The highest BCUT2D eigenvalue weighted by molar-refractivity contribution is 5.93. The molecule has 2 aromatic carbocycles. The topological polar surface area (TPSA) is 37.3 Å². The van der Waals surface area contributed by atoms with Crippen molar-refractivity contribution in [3.63, 3.8) is 0 Å². The Labute approximate surface area is 88.2 Å². The second-order valence-electron chi connectivity index (χ2n) is 3.65. The first-order valence-electron chi connectivity index (χ1n) is 4.90. The van der Waals surface area contributed by atoms with Crippen molar-refractivity contribution < 1.29 is 9.90 Å².